The molecule has 2 atom stereocenters. The molecule has 1 aromatic heterocycles. The fraction of sp³-hybridized carbons (Fsp3) is 0.692. The summed E-state index contributed by atoms with van der Waals surface area (Å²) in [7, 11) is 0. The molecule has 1 fully saturated rings. The highest BCUT2D eigenvalue weighted by Crippen LogP contribution is 2.26. The van der Waals surface area contributed by atoms with Crippen LogP contribution in [-0.4, -0.2) is 24.0 Å². The number of hydrogen-bond donors (Lipinski definition) is 1. The SMILES string of the molecule is CCC1CCN(Cc2ccsc2)C(CN)C1. The molecule has 0 radical (unpaired) electrons. The standard InChI is InChI=1S/C13H22N2S/c1-2-11-3-5-15(13(7-11)8-14)9-12-4-6-16-10-12/h4,6,10-11,13H,2-3,5,7-9,14H2,1H3. The van der Waals surface area contributed by atoms with Gasteiger partial charge < -0.3 is 5.73 Å². The van der Waals surface area contributed by atoms with Gasteiger partial charge in [-0.15, -0.1) is 0 Å². The Hall–Kier alpha value is -0.380. The number of hydrogen-bond acceptors (Lipinski definition) is 3. The predicted octanol–water partition coefficient (Wildman–Crippen LogP) is 2.70. The van der Waals surface area contributed by atoms with E-state index in [9.17, 15) is 0 Å². The maximum atomic E-state index is 5.90. The highest BCUT2D eigenvalue weighted by Gasteiger charge is 2.26. The molecule has 1 aromatic rings. The van der Waals surface area contributed by atoms with E-state index in [1.165, 1.54) is 31.4 Å². The zero-order chi connectivity index (χ0) is 11.4. The van der Waals surface area contributed by atoms with E-state index in [4.69, 9.17) is 5.73 Å². The number of nitrogens with two attached hydrogens (primary N) is 1. The lowest BCUT2D eigenvalue weighted by Crippen LogP contribution is -2.45. The van der Waals surface area contributed by atoms with Crippen LogP contribution >= 0.6 is 11.3 Å². The van der Waals surface area contributed by atoms with E-state index in [0.717, 1.165) is 19.0 Å². The van der Waals surface area contributed by atoms with Crippen LogP contribution < -0.4 is 5.73 Å². The van der Waals surface area contributed by atoms with Crippen molar-refractivity contribution in [1.29, 1.82) is 0 Å². The van der Waals surface area contributed by atoms with Crippen LogP contribution in [0.1, 0.15) is 31.7 Å². The molecule has 1 aliphatic rings. The average Bonchev–Trinajstić information content (AvgIpc) is 2.82. The molecule has 0 amide bonds. The van der Waals surface area contributed by atoms with Gasteiger partial charge in [-0.2, -0.15) is 11.3 Å². The first-order valence-corrected chi connectivity index (χ1v) is 7.23. The van der Waals surface area contributed by atoms with Gasteiger partial charge in [0.2, 0.25) is 0 Å². The molecule has 0 bridgehead atoms. The third-order valence-electron chi connectivity index (χ3n) is 3.76. The average molecular weight is 238 g/mol. The van der Waals surface area contributed by atoms with Crippen LogP contribution in [0.5, 0.6) is 0 Å². The molecular formula is C13H22N2S. The van der Waals surface area contributed by atoms with Crippen molar-refractivity contribution >= 4 is 11.3 Å². The van der Waals surface area contributed by atoms with Crippen molar-refractivity contribution in [2.75, 3.05) is 13.1 Å². The zero-order valence-electron chi connectivity index (χ0n) is 10.1. The van der Waals surface area contributed by atoms with E-state index in [1.807, 2.05) is 0 Å². The lowest BCUT2D eigenvalue weighted by molar-refractivity contribution is 0.107. The molecule has 90 valence electrons. The number of likely N-dealkylation sites (tertiary alicyclic amines) is 1. The van der Waals surface area contributed by atoms with E-state index in [0.29, 0.717) is 6.04 Å². The summed E-state index contributed by atoms with van der Waals surface area (Å²) in [5.74, 6) is 0.896. The minimum Gasteiger partial charge on any atom is -0.329 e. The molecule has 0 aromatic carbocycles. The Labute approximate surface area is 102 Å². The summed E-state index contributed by atoms with van der Waals surface area (Å²) in [6.07, 6.45) is 3.94. The molecule has 0 spiro atoms. The predicted molar refractivity (Wildman–Crippen MR) is 70.6 cm³/mol. The van der Waals surface area contributed by atoms with Crippen molar-refractivity contribution in [3.8, 4) is 0 Å². The Morgan fingerprint density at radius 1 is 1.56 bits per heavy atom. The van der Waals surface area contributed by atoms with Gasteiger partial charge in [-0.25, -0.2) is 0 Å². The fourth-order valence-corrected chi connectivity index (χ4v) is 3.28. The number of rotatable bonds is 4. The largest absolute Gasteiger partial charge is 0.329 e. The van der Waals surface area contributed by atoms with Gasteiger partial charge in [0.05, 0.1) is 0 Å². The van der Waals surface area contributed by atoms with Crippen LogP contribution in [-0.2, 0) is 6.54 Å². The van der Waals surface area contributed by atoms with E-state index in [1.54, 1.807) is 11.3 Å². The third kappa shape index (κ3) is 2.84. The zero-order valence-corrected chi connectivity index (χ0v) is 10.9. The highest BCUT2D eigenvalue weighted by atomic mass is 32.1. The fourth-order valence-electron chi connectivity index (χ4n) is 2.62. The first kappa shape index (κ1) is 12.1. The van der Waals surface area contributed by atoms with Gasteiger partial charge >= 0.3 is 0 Å². The van der Waals surface area contributed by atoms with E-state index in [2.05, 4.69) is 28.7 Å². The summed E-state index contributed by atoms with van der Waals surface area (Å²) in [6, 6.07) is 2.82. The van der Waals surface area contributed by atoms with Crippen molar-refractivity contribution in [3.05, 3.63) is 22.4 Å². The van der Waals surface area contributed by atoms with Gasteiger partial charge in [-0.05, 0) is 47.7 Å². The Kier molecular flexibility index (Phi) is 4.38. The van der Waals surface area contributed by atoms with Gasteiger partial charge in [0.25, 0.3) is 0 Å². The normalized spacial score (nSPS) is 27.1. The Balaban J connectivity index is 1.93. The molecule has 2 heterocycles. The van der Waals surface area contributed by atoms with Crippen molar-refractivity contribution in [2.45, 2.75) is 38.8 Å². The summed E-state index contributed by atoms with van der Waals surface area (Å²) in [6.45, 7) is 5.41. The first-order valence-electron chi connectivity index (χ1n) is 6.28. The Morgan fingerprint density at radius 2 is 2.44 bits per heavy atom. The molecule has 3 heteroatoms. The van der Waals surface area contributed by atoms with Crippen molar-refractivity contribution in [3.63, 3.8) is 0 Å². The van der Waals surface area contributed by atoms with Gasteiger partial charge in [0, 0.05) is 19.1 Å². The summed E-state index contributed by atoms with van der Waals surface area (Å²) in [5.41, 5.74) is 7.34. The van der Waals surface area contributed by atoms with Crippen LogP contribution in [0.2, 0.25) is 0 Å². The molecule has 2 nitrogen and oxygen atoms in total. The second-order valence-electron chi connectivity index (χ2n) is 4.79. The molecule has 2 unspecified atom stereocenters. The van der Waals surface area contributed by atoms with Gasteiger partial charge in [-0.1, -0.05) is 13.3 Å². The van der Waals surface area contributed by atoms with Gasteiger partial charge in [0.1, 0.15) is 0 Å². The van der Waals surface area contributed by atoms with Crippen LogP contribution in [0.4, 0.5) is 0 Å². The van der Waals surface area contributed by atoms with Crippen molar-refractivity contribution in [1.82, 2.24) is 4.90 Å². The minimum absolute atomic E-state index is 0.596. The van der Waals surface area contributed by atoms with Crippen LogP contribution in [0.15, 0.2) is 16.8 Å². The summed E-state index contributed by atoms with van der Waals surface area (Å²) in [5, 5.41) is 4.41. The molecule has 0 saturated carbocycles. The quantitative estimate of drug-likeness (QED) is 0.874. The molecular weight excluding hydrogens is 216 g/mol. The number of nitrogens with zero attached hydrogens (tertiary/aromatic N) is 1. The first-order chi connectivity index (χ1) is 7.83. The monoisotopic (exact) mass is 238 g/mol. The molecule has 16 heavy (non-hydrogen) atoms. The number of piperidine rings is 1. The van der Waals surface area contributed by atoms with Crippen molar-refractivity contribution < 1.29 is 0 Å². The minimum atomic E-state index is 0.596. The maximum Gasteiger partial charge on any atom is 0.0245 e. The van der Waals surface area contributed by atoms with Crippen LogP contribution in [0, 0.1) is 5.92 Å². The van der Waals surface area contributed by atoms with E-state index in [-0.39, 0.29) is 0 Å². The smallest absolute Gasteiger partial charge is 0.0245 e. The topological polar surface area (TPSA) is 29.3 Å². The number of thiophene rings is 1. The maximum absolute atomic E-state index is 5.90. The van der Waals surface area contributed by atoms with E-state index < -0.39 is 0 Å². The molecule has 1 saturated heterocycles. The van der Waals surface area contributed by atoms with Gasteiger partial charge in [-0.3, -0.25) is 4.90 Å². The van der Waals surface area contributed by atoms with E-state index >= 15 is 0 Å². The van der Waals surface area contributed by atoms with Gasteiger partial charge in [0.15, 0.2) is 0 Å². The van der Waals surface area contributed by atoms with Crippen LogP contribution in [0.25, 0.3) is 0 Å². The lowest BCUT2D eigenvalue weighted by atomic mass is 9.89. The molecule has 2 N–H and O–H groups in total. The molecule has 1 aliphatic heterocycles. The summed E-state index contributed by atoms with van der Waals surface area (Å²) >= 11 is 1.78. The third-order valence-corrected chi connectivity index (χ3v) is 4.49. The Bertz CT molecular complexity index is 297. The molecule has 0 aliphatic carbocycles. The summed E-state index contributed by atoms with van der Waals surface area (Å²) < 4.78 is 0. The highest BCUT2D eigenvalue weighted by molar-refractivity contribution is 7.07. The Morgan fingerprint density at radius 3 is 3.06 bits per heavy atom. The summed E-state index contributed by atoms with van der Waals surface area (Å²) in [4.78, 5) is 2.56. The second-order valence-corrected chi connectivity index (χ2v) is 5.57. The lowest BCUT2D eigenvalue weighted by Gasteiger charge is -2.38. The molecule has 2 rings (SSSR count). The second kappa shape index (κ2) is 5.80. The van der Waals surface area contributed by atoms with Crippen molar-refractivity contribution in [2.24, 2.45) is 11.7 Å². The van der Waals surface area contributed by atoms with Crippen LogP contribution in [0.3, 0.4) is 0 Å².